The Hall–Kier alpha value is -2.22. The fraction of sp³-hybridized carbons (Fsp3) is 0.263. The minimum atomic E-state index is -3.52. The molecule has 140 valence electrons. The van der Waals surface area contributed by atoms with Crippen LogP contribution in [0.1, 0.15) is 24.7 Å². The number of hydrogen-bond donors (Lipinski definition) is 0. The Bertz CT molecular complexity index is 1020. The van der Waals surface area contributed by atoms with Gasteiger partial charge in [0.1, 0.15) is 0 Å². The van der Waals surface area contributed by atoms with Gasteiger partial charge in [-0.3, -0.25) is 0 Å². The summed E-state index contributed by atoms with van der Waals surface area (Å²) in [6, 6.07) is 15.7. The van der Waals surface area contributed by atoms with E-state index in [1.807, 2.05) is 12.1 Å². The van der Waals surface area contributed by atoms with Crippen LogP contribution in [0.3, 0.4) is 0 Å². The van der Waals surface area contributed by atoms with Crippen molar-refractivity contribution >= 4 is 21.6 Å². The molecule has 2 aromatic carbocycles. The molecule has 0 unspecified atom stereocenters. The lowest BCUT2D eigenvalue weighted by Crippen LogP contribution is -2.39. The summed E-state index contributed by atoms with van der Waals surface area (Å²) in [6.07, 6.45) is 1.55. The van der Waals surface area contributed by atoms with Gasteiger partial charge in [-0.05, 0) is 49.2 Å². The lowest BCUT2D eigenvalue weighted by Gasteiger charge is -2.30. The van der Waals surface area contributed by atoms with Crippen molar-refractivity contribution in [3.8, 4) is 11.4 Å². The summed E-state index contributed by atoms with van der Waals surface area (Å²) in [6.45, 7) is 0.825. The Balaban J connectivity index is 1.55. The van der Waals surface area contributed by atoms with E-state index in [9.17, 15) is 8.42 Å². The second-order valence-electron chi connectivity index (χ2n) is 6.48. The van der Waals surface area contributed by atoms with Gasteiger partial charge in [0.15, 0.2) is 0 Å². The SMILES string of the molecule is O=S(=O)(c1ccccc1)N1CCC[C@H](c2nc(-c3ccc(Cl)cc3)no2)C1. The standard InChI is InChI=1S/C19H18ClN3O3S/c20-16-10-8-14(9-11-16)18-21-19(26-22-18)15-5-4-12-23(13-15)27(24,25)17-6-2-1-3-7-17/h1-3,6-11,15H,4-5,12-13H2/t15-/m0/s1. The highest BCUT2D eigenvalue weighted by molar-refractivity contribution is 7.89. The molecule has 0 amide bonds. The van der Waals surface area contributed by atoms with Gasteiger partial charge in [0.25, 0.3) is 0 Å². The molecule has 1 aliphatic heterocycles. The molecule has 27 heavy (non-hydrogen) atoms. The van der Waals surface area contributed by atoms with Crippen LogP contribution < -0.4 is 0 Å². The quantitative estimate of drug-likeness (QED) is 0.659. The number of halogens is 1. The van der Waals surface area contributed by atoms with E-state index in [1.165, 1.54) is 4.31 Å². The first-order valence-corrected chi connectivity index (χ1v) is 10.5. The highest BCUT2D eigenvalue weighted by Gasteiger charge is 2.33. The first-order valence-electron chi connectivity index (χ1n) is 8.69. The van der Waals surface area contributed by atoms with E-state index in [0.717, 1.165) is 18.4 Å². The molecule has 2 heterocycles. The fourth-order valence-corrected chi connectivity index (χ4v) is 4.89. The molecule has 3 aromatic rings. The van der Waals surface area contributed by atoms with E-state index in [1.54, 1.807) is 42.5 Å². The predicted octanol–water partition coefficient (Wildman–Crippen LogP) is 3.96. The van der Waals surface area contributed by atoms with Gasteiger partial charge < -0.3 is 4.52 Å². The molecule has 1 fully saturated rings. The molecule has 0 spiro atoms. The van der Waals surface area contributed by atoms with Crippen LogP contribution >= 0.6 is 11.6 Å². The van der Waals surface area contributed by atoms with Crippen molar-refractivity contribution in [2.24, 2.45) is 0 Å². The minimum absolute atomic E-state index is 0.120. The molecule has 6 nitrogen and oxygen atoms in total. The summed E-state index contributed by atoms with van der Waals surface area (Å²) in [4.78, 5) is 4.78. The third-order valence-corrected chi connectivity index (χ3v) is 6.79. The Morgan fingerprint density at radius 3 is 2.56 bits per heavy atom. The van der Waals surface area contributed by atoms with Crippen molar-refractivity contribution in [1.29, 1.82) is 0 Å². The molecule has 4 rings (SSSR count). The maximum absolute atomic E-state index is 12.9. The van der Waals surface area contributed by atoms with Crippen LogP contribution in [0, 0.1) is 0 Å². The molecule has 1 aliphatic rings. The Morgan fingerprint density at radius 2 is 1.81 bits per heavy atom. The van der Waals surface area contributed by atoms with Crippen molar-refractivity contribution in [3.63, 3.8) is 0 Å². The van der Waals surface area contributed by atoms with E-state index < -0.39 is 10.0 Å². The van der Waals surface area contributed by atoms with Crippen LogP contribution in [0.2, 0.25) is 5.02 Å². The predicted molar refractivity (Wildman–Crippen MR) is 102 cm³/mol. The van der Waals surface area contributed by atoms with E-state index >= 15 is 0 Å². The fourth-order valence-electron chi connectivity index (χ4n) is 3.22. The number of benzene rings is 2. The molecular formula is C19H18ClN3O3S. The number of rotatable bonds is 4. The lowest BCUT2D eigenvalue weighted by molar-refractivity contribution is 0.265. The average molecular weight is 404 g/mol. The van der Waals surface area contributed by atoms with E-state index in [2.05, 4.69) is 10.1 Å². The van der Waals surface area contributed by atoms with Crippen LogP contribution in [0.4, 0.5) is 0 Å². The summed E-state index contributed by atoms with van der Waals surface area (Å²) in [7, 11) is -3.52. The normalized spacial score (nSPS) is 18.5. The zero-order valence-electron chi connectivity index (χ0n) is 14.5. The van der Waals surface area contributed by atoms with Crippen molar-refractivity contribution in [3.05, 3.63) is 65.5 Å². The molecule has 1 atom stereocenters. The molecular weight excluding hydrogens is 386 g/mol. The van der Waals surface area contributed by atoms with Crippen LogP contribution in [0.5, 0.6) is 0 Å². The number of hydrogen-bond acceptors (Lipinski definition) is 5. The smallest absolute Gasteiger partial charge is 0.243 e. The summed E-state index contributed by atoms with van der Waals surface area (Å²) in [5.41, 5.74) is 0.805. The zero-order valence-corrected chi connectivity index (χ0v) is 16.0. The van der Waals surface area contributed by atoms with Gasteiger partial charge in [-0.1, -0.05) is 35.0 Å². The van der Waals surface area contributed by atoms with Gasteiger partial charge >= 0.3 is 0 Å². The largest absolute Gasteiger partial charge is 0.339 e. The number of nitrogens with zero attached hydrogens (tertiary/aromatic N) is 3. The molecule has 0 bridgehead atoms. The highest BCUT2D eigenvalue weighted by atomic mass is 35.5. The summed E-state index contributed by atoms with van der Waals surface area (Å²) in [5, 5.41) is 4.68. The summed E-state index contributed by atoms with van der Waals surface area (Å²) in [5.74, 6) is 0.823. The molecule has 0 radical (unpaired) electrons. The van der Waals surface area contributed by atoms with Crippen LogP contribution in [0.15, 0.2) is 64.0 Å². The summed E-state index contributed by atoms with van der Waals surface area (Å²) >= 11 is 5.91. The second kappa shape index (κ2) is 7.42. The van der Waals surface area contributed by atoms with Crippen molar-refractivity contribution in [2.75, 3.05) is 13.1 Å². The topological polar surface area (TPSA) is 76.3 Å². The van der Waals surface area contributed by atoms with Crippen LogP contribution in [-0.4, -0.2) is 36.0 Å². The highest BCUT2D eigenvalue weighted by Crippen LogP contribution is 2.30. The zero-order chi connectivity index (χ0) is 18.9. The number of aromatic nitrogens is 2. The van der Waals surface area contributed by atoms with Crippen LogP contribution in [-0.2, 0) is 10.0 Å². The Labute approximate surface area is 162 Å². The Kier molecular flexibility index (Phi) is 4.99. The molecule has 0 N–H and O–H groups in total. The van der Waals surface area contributed by atoms with Gasteiger partial charge in [0.2, 0.25) is 21.7 Å². The third kappa shape index (κ3) is 3.76. The van der Waals surface area contributed by atoms with E-state index in [0.29, 0.717) is 34.7 Å². The molecule has 1 saturated heterocycles. The minimum Gasteiger partial charge on any atom is -0.339 e. The van der Waals surface area contributed by atoms with E-state index in [4.69, 9.17) is 16.1 Å². The second-order valence-corrected chi connectivity index (χ2v) is 8.85. The molecule has 1 aromatic heterocycles. The van der Waals surface area contributed by atoms with Gasteiger partial charge in [0.05, 0.1) is 10.8 Å². The van der Waals surface area contributed by atoms with Gasteiger partial charge in [-0.15, -0.1) is 0 Å². The number of piperidine rings is 1. The van der Waals surface area contributed by atoms with Gasteiger partial charge in [-0.25, -0.2) is 8.42 Å². The van der Waals surface area contributed by atoms with E-state index in [-0.39, 0.29) is 5.92 Å². The molecule has 8 heteroatoms. The Morgan fingerprint density at radius 1 is 1.07 bits per heavy atom. The monoisotopic (exact) mass is 403 g/mol. The van der Waals surface area contributed by atoms with Crippen molar-refractivity contribution < 1.29 is 12.9 Å². The maximum atomic E-state index is 12.9. The average Bonchev–Trinajstić information content (AvgIpc) is 3.20. The van der Waals surface area contributed by atoms with Gasteiger partial charge in [0, 0.05) is 23.7 Å². The number of sulfonamides is 1. The lowest BCUT2D eigenvalue weighted by atomic mass is 10.00. The summed E-state index contributed by atoms with van der Waals surface area (Å²) < 4.78 is 32.7. The first-order chi connectivity index (χ1) is 13.0. The van der Waals surface area contributed by atoms with Crippen LogP contribution in [0.25, 0.3) is 11.4 Å². The first kappa shape index (κ1) is 18.2. The van der Waals surface area contributed by atoms with Gasteiger partial charge in [-0.2, -0.15) is 9.29 Å². The van der Waals surface area contributed by atoms with Crippen molar-refractivity contribution in [1.82, 2.24) is 14.4 Å². The molecule has 0 aliphatic carbocycles. The van der Waals surface area contributed by atoms with Crippen molar-refractivity contribution in [2.45, 2.75) is 23.7 Å². The molecule has 0 saturated carbocycles. The third-order valence-electron chi connectivity index (χ3n) is 4.66. The maximum Gasteiger partial charge on any atom is 0.243 e.